The van der Waals surface area contributed by atoms with Crippen molar-refractivity contribution in [3.05, 3.63) is 54.4 Å². The zero-order chi connectivity index (χ0) is 15.8. The molecule has 0 saturated heterocycles. The summed E-state index contributed by atoms with van der Waals surface area (Å²) in [5, 5.41) is 18.3. The number of nitrogens with zero attached hydrogens (tertiary/aromatic N) is 1. The molecule has 0 bridgehead atoms. The summed E-state index contributed by atoms with van der Waals surface area (Å²) in [5.74, 6) is 1.52. The van der Waals surface area contributed by atoms with Gasteiger partial charge in [0.2, 0.25) is 0 Å². The van der Waals surface area contributed by atoms with Gasteiger partial charge in [-0.1, -0.05) is 12.1 Å². The van der Waals surface area contributed by atoms with Gasteiger partial charge in [0.05, 0.1) is 18.8 Å². The normalized spacial score (nSPS) is 11.4. The Bertz CT molecular complexity index is 554. The van der Waals surface area contributed by atoms with E-state index in [0.29, 0.717) is 6.42 Å². The molecule has 118 valence electrons. The number of pyridine rings is 1. The summed E-state index contributed by atoms with van der Waals surface area (Å²) in [7, 11) is 0. The van der Waals surface area contributed by atoms with Crippen molar-refractivity contribution in [1.29, 1.82) is 0 Å². The second-order valence-electron chi connectivity index (χ2n) is 5.46. The maximum Gasteiger partial charge on any atom is 0.130 e. The van der Waals surface area contributed by atoms with Gasteiger partial charge in [-0.05, 0) is 49.1 Å². The van der Waals surface area contributed by atoms with E-state index in [9.17, 15) is 0 Å². The quantitative estimate of drug-likeness (QED) is 0.693. The maximum atomic E-state index is 9.15. The summed E-state index contributed by atoms with van der Waals surface area (Å²) in [6.45, 7) is -0.412. The molecule has 2 rings (SSSR count). The Labute approximate surface area is 130 Å². The highest BCUT2D eigenvalue weighted by molar-refractivity contribution is 5.32. The monoisotopic (exact) mass is 302 g/mol. The zero-order valence-corrected chi connectivity index (χ0v) is 12.5. The van der Waals surface area contributed by atoms with Crippen LogP contribution in [0.5, 0.6) is 11.5 Å². The molecule has 0 fully saturated rings. The molecule has 0 radical (unpaired) electrons. The fourth-order valence-electron chi connectivity index (χ4n) is 2.12. The number of aryl methyl sites for hydroxylation is 1. The van der Waals surface area contributed by atoms with Crippen LogP contribution in [0, 0.1) is 0 Å². The third-order valence-electron chi connectivity index (χ3n) is 3.58. The number of hydrogen-bond donors (Lipinski definition) is 3. The lowest BCUT2D eigenvalue weighted by atomic mass is 9.94. The van der Waals surface area contributed by atoms with Gasteiger partial charge in [-0.25, -0.2) is 0 Å². The fraction of sp³-hybridized carbons (Fsp3) is 0.353. The van der Waals surface area contributed by atoms with E-state index in [1.807, 2.05) is 24.3 Å². The van der Waals surface area contributed by atoms with Gasteiger partial charge < -0.3 is 20.7 Å². The minimum atomic E-state index is -0.885. The van der Waals surface area contributed by atoms with Crippen molar-refractivity contribution in [2.75, 3.05) is 13.2 Å². The molecule has 0 aliphatic carbocycles. The molecule has 1 heterocycles. The van der Waals surface area contributed by atoms with Crippen LogP contribution >= 0.6 is 0 Å². The molecule has 0 saturated carbocycles. The average Bonchev–Trinajstić information content (AvgIpc) is 2.57. The van der Waals surface area contributed by atoms with Gasteiger partial charge >= 0.3 is 0 Å². The number of benzene rings is 1. The van der Waals surface area contributed by atoms with Gasteiger partial charge in [-0.2, -0.15) is 0 Å². The second-order valence-corrected chi connectivity index (χ2v) is 5.46. The van der Waals surface area contributed by atoms with E-state index in [0.717, 1.165) is 24.3 Å². The summed E-state index contributed by atoms with van der Waals surface area (Å²) in [4.78, 5) is 3.94. The summed E-state index contributed by atoms with van der Waals surface area (Å²) < 4.78 is 5.70. The van der Waals surface area contributed by atoms with Gasteiger partial charge in [0.25, 0.3) is 0 Å². The molecule has 2 aromatic rings. The van der Waals surface area contributed by atoms with Gasteiger partial charge in [-0.15, -0.1) is 0 Å². The number of aliphatic hydroxyl groups is 2. The van der Waals surface area contributed by atoms with Gasteiger partial charge in [0, 0.05) is 12.4 Å². The molecular formula is C17H22N2O3. The van der Waals surface area contributed by atoms with Crippen LogP contribution in [-0.2, 0) is 6.42 Å². The Kier molecular flexibility index (Phi) is 5.89. The predicted molar refractivity (Wildman–Crippen MR) is 84.8 cm³/mol. The highest BCUT2D eigenvalue weighted by atomic mass is 16.5. The minimum absolute atomic E-state index is 0.206. The third-order valence-corrected chi connectivity index (χ3v) is 3.58. The average molecular weight is 302 g/mol. The largest absolute Gasteiger partial charge is 0.457 e. The Morgan fingerprint density at radius 2 is 1.55 bits per heavy atom. The first-order valence-corrected chi connectivity index (χ1v) is 7.33. The topological polar surface area (TPSA) is 88.6 Å². The van der Waals surface area contributed by atoms with Crippen molar-refractivity contribution >= 4 is 0 Å². The second kappa shape index (κ2) is 7.89. The summed E-state index contributed by atoms with van der Waals surface area (Å²) in [6.07, 6.45) is 5.60. The molecule has 0 amide bonds. The first kappa shape index (κ1) is 16.4. The van der Waals surface area contributed by atoms with Crippen LogP contribution in [0.4, 0.5) is 0 Å². The lowest BCUT2D eigenvalue weighted by Crippen LogP contribution is -2.47. The van der Waals surface area contributed by atoms with E-state index >= 15 is 0 Å². The highest BCUT2D eigenvalue weighted by Gasteiger charge is 2.22. The number of hydrogen-bond acceptors (Lipinski definition) is 5. The Morgan fingerprint density at radius 1 is 0.955 bits per heavy atom. The van der Waals surface area contributed by atoms with Crippen molar-refractivity contribution in [2.45, 2.75) is 24.8 Å². The summed E-state index contributed by atoms with van der Waals surface area (Å²) in [6, 6.07) is 11.5. The van der Waals surface area contributed by atoms with Crippen molar-refractivity contribution in [3.8, 4) is 11.5 Å². The molecule has 0 aliphatic heterocycles. The molecule has 4 N–H and O–H groups in total. The molecule has 5 heteroatoms. The summed E-state index contributed by atoms with van der Waals surface area (Å²) >= 11 is 0. The van der Waals surface area contributed by atoms with Crippen LogP contribution in [0.15, 0.2) is 48.8 Å². The maximum absolute atomic E-state index is 9.15. The number of aromatic nitrogens is 1. The number of nitrogens with two attached hydrogens (primary N) is 1. The van der Waals surface area contributed by atoms with E-state index in [2.05, 4.69) is 4.98 Å². The molecular weight excluding hydrogens is 280 g/mol. The van der Waals surface area contributed by atoms with Crippen molar-refractivity contribution in [1.82, 2.24) is 4.98 Å². The van der Waals surface area contributed by atoms with Crippen LogP contribution in [0.3, 0.4) is 0 Å². The Balaban J connectivity index is 1.84. The number of aliphatic hydroxyl groups excluding tert-OH is 2. The smallest absolute Gasteiger partial charge is 0.130 e. The zero-order valence-electron chi connectivity index (χ0n) is 12.5. The Morgan fingerprint density at radius 3 is 2.14 bits per heavy atom. The van der Waals surface area contributed by atoms with E-state index in [4.69, 9.17) is 20.7 Å². The first-order chi connectivity index (χ1) is 10.6. The molecule has 1 aromatic carbocycles. The lowest BCUT2D eigenvalue weighted by Gasteiger charge is -2.24. The van der Waals surface area contributed by atoms with E-state index in [1.165, 1.54) is 5.56 Å². The molecule has 1 aromatic heterocycles. The van der Waals surface area contributed by atoms with Crippen molar-refractivity contribution in [3.63, 3.8) is 0 Å². The number of ether oxygens (including phenoxy) is 1. The highest BCUT2D eigenvalue weighted by Crippen LogP contribution is 2.21. The molecule has 5 nitrogen and oxygen atoms in total. The molecule has 22 heavy (non-hydrogen) atoms. The van der Waals surface area contributed by atoms with Gasteiger partial charge in [-0.3, -0.25) is 4.98 Å². The third kappa shape index (κ3) is 4.80. The molecule has 0 unspecified atom stereocenters. The standard InChI is InChI=1S/C17H22N2O3/c18-17(12-20,13-21)9-1-2-14-3-5-15(6-4-14)22-16-7-10-19-11-8-16/h3-8,10-11,20-21H,1-2,9,12-13,18H2. The van der Waals surface area contributed by atoms with Crippen LogP contribution in [0.25, 0.3) is 0 Å². The van der Waals surface area contributed by atoms with Crippen LogP contribution in [0.1, 0.15) is 18.4 Å². The van der Waals surface area contributed by atoms with E-state index in [1.54, 1.807) is 24.5 Å². The van der Waals surface area contributed by atoms with Crippen LogP contribution in [-0.4, -0.2) is 33.9 Å². The van der Waals surface area contributed by atoms with Gasteiger partial charge in [0.15, 0.2) is 0 Å². The SMILES string of the molecule is NC(CO)(CO)CCCc1ccc(Oc2ccncc2)cc1. The van der Waals surface area contributed by atoms with Gasteiger partial charge in [0.1, 0.15) is 11.5 Å². The van der Waals surface area contributed by atoms with Crippen molar-refractivity contribution in [2.24, 2.45) is 5.73 Å². The summed E-state index contributed by atoms with van der Waals surface area (Å²) in [5.41, 5.74) is 6.13. The molecule has 0 aliphatic rings. The fourth-order valence-corrected chi connectivity index (χ4v) is 2.12. The number of rotatable bonds is 8. The minimum Gasteiger partial charge on any atom is -0.457 e. The lowest BCUT2D eigenvalue weighted by molar-refractivity contribution is 0.113. The van der Waals surface area contributed by atoms with Crippen LogP contribution in [0.2, 0.25) is 0 Å². The molecule has 0 atom stereocenters. The Hall–Kier alpha value is -1.95. The van der Waals surface area contributed by atoms with Crippen LogP contribution < -0.4 is 10.5 Å². The predicted octanol–water partition coefficient (Wildman–Crippen LogP) is 1.88. The van der Waals surface area contributed by atoms with E-state index < -0.39 is 5.54 Å². The first-order valence-electron chi connectivity index (χ1n) is 7.33. The van der Waals surface area contributed by atoms with E-state index in [-0.39, 0.29) is 13.2 Å². The van der Waals surface area contributed by atoms with Crippen molar-refractivity contribution < 1.29 is 14.9 Å². The molecule has 0 spiro atoms.